The topological polar surface area (TPSA) is 35.5 Å². The standard InChI is InChI=1S/C17H17FO3S/c1-12-3-2-4-13(5-12)9-22(19)10-15-7-16(18)6-14-8-20-11-21-17(14)15/h2-7H,8-11H2,1H3/t22-/m1/s1. The van der Waals surface area contributed by atoms with Crippen molar-refractivity contribution in [1.29, 1.82) is 0 Å². The van der Waals surface area contributed by atoms with E-state index in [9.17, 15) is 8.60 Å². The first-order valence-corrected chi connectivity index (χ1v) is 8.53. The Kier molecular flexibility index (Phi) is 4.55. The smallest absolute Gasteiger partial charge is 0.189 e. The van der Waals surface area contributed by atoms with E-state index < -0.39 is 10.8 Å². The van der Waals surface area contributed by atoms with E-state index in [0.717, 1.165) is 11.1 Å². The Labute approximate surface area is 131 Å². The molecule has 1 atom stereocenters. The van der Waals surface area contributed by atoms with Gasteiger partial charge in [-0.05, 0) is 24.6 Å². The number of hydrogen-bond acceptors (Lipinski definition) is 3. The van der Waals surface area contributed by atoms with Gasteiger partial charge in [-0.3, -0.25) is 4.21 Å². The molecule has 0 aromatic heterocycles. The molecule has 0 fully saturated rings. The molecule has 0 amide bonds. The van der Waals surface area contributed by atoms with E-state index >= 15 is 0 Å². The second-order valence-electron chi connectivity index (χ2n) is 5.38. The first-order chi connectivity index (χ1) is 10.6. The van der Waals surface area contributed by atoms with Crippen molar-refractivity contribution in [3.63, 3.8) is 0 Å². The summed E-state index contributed by atoms with van der Waals surface area (Å²) in [5.41, 5.74) is 3.48. The lowest BCUT2D eigenvalue weighted by molar-refractivity contribution is -0.0171. The molecule has 0 radical (unpaired) electrons. The lowest BCUT2D eigenvalue weighted by atomic mass is 10.1. The highest BCUT2D eigenvalue weighted by Gasteiger charge is 2.18. The Balaban J connectivity index is 1.78. The molecular weight excluding hydrogens is 303 g/mol. The van der Waals surface area contributed by atoms with Gasteiger partial charge in [-0.15, -0.1) is 0 Å². The Morgan fingerprint density at radius 1 is 1.23 bits per heavy atom. The predicted molar refractivity (Wildman–Crippen MR) is 83.4 cm³/mol. The van der Waals surface area contributed by atoms with Crippen molar-refractivity contribution in [3.05, 3.63) is 64.5 Å². The summed E-state index contributed by atoms with van der Waals surface area (Å²) in [6.45, 7) is 2.48. The van der Waals surface area contributed by atoms with Crippen LogP contribution in [0.2, 0.25) is 0 Å². The molecule has 1 aliphatic rings. The minimum Gasteiger partial charge on any atom is -0.467 e. The molecule has 0 N–H and O–H groups in total. The molecule has 116 valence electrons. The normalized spacial score (nSPS) is 15.0. The monoisotopic (exact) mass is 320 g/mol. The van der Waals surface area contributed by atoms with E-state index in [-0.39, 0.29) is 18.4 Å². The number of fused-ring (bicyclic) bond motifs is 1. The van der Waals surface area contributed by atoms with Crippen molar-refractivity contribution in [3.8, 4) is 5.75 Å². The van der Waals surface area contributed by atoms with Crippen LogP contribution in [0, 0.1) is 12.7 Å². The van der Waals surface area contributed by atoms with Gasteiger partial charge in [-0.1, -0.05) is 29.8 Å². The Hall–Kier alpha value is -1.72. The summed E-state index contributed by atoms with van der Waals surface area (Å²) in [5.74, 6) is 0.984. The zero-order valence-corrected chi connectivity index (χ0v) is 13.1. The minimum atomic E-state index is -1.12. The number of rotatable bonds is 4. The van der Waals surface area contributed by atoms with Crippen LogP contribution in [0.15, 0.2) is 36.4 Å². The molecule has 2 aromatic rings. The Morgan fingerprint density at radius 2 is 2.09 bits per heavy atom. The third-order valence-electron chi connectivity index (χ3n) is 3.48. The van der Waals surface area contributed by atoms with Crippen LogP contribution in [-0.4, -0.2) is 11.0 Å². The molecular formula is C17H17FO3S. The van der Waals surface area contributed by atoms with Crippen molar-refractivity contribution in [1.82, 2.24) is 0 Å². The molecule has 3 rings (SSSR count). The van der Waals surface area contributed by atoms with E-state index in [0.29, 0.717) is 29.2 Å². The molecule has 1 aliphatic heterocycles. The predicted octanol–water partition coefficient (Wildman–Crippen LogP) is 3.45. The van der Waals surface area contributed by atoms with Gasteiger partial charge >= 0.3 is 0 Å². The van der Waals surface area contributed by atoms with Crippen LogP contribution in [0.3, 0.4) is 0 Å². The SMILES string of the molecule is Cc1cccc(C[S@@](=O)Cc2cc(F)cc3c2OCOC3)c1. The number of halogens is 1. The molecule has 0 aliphatic carbocycles. The van der Waals surface area contributed by atoms with E-state index in [1.165, 1.54) is 12.1 Å². The summed E-state index contributed by atoms with van der Waals surface area (Å²) in [6, 6.07) is 10.7. The van der Waals surface area contributed by atoms with Crippen LogP contribution in [0.25, 0.3) is 0 Å². The van der Waals surface area contributed by atoms with E-state index in [2.05, 4.69) is 0 Å². The van der Waals surface area contributed by atoms with Gasteiger partial charge in [0, 0.05) is 27.7 Å². The third-order valence-corrected chi connectivity index (χ3v) is 4.77. The summed E-state index contributed by atoms with van der Waals surface area (Å²) in [6.07, 6.45) is 0. The number of hydrogen-bond donors (Lipinski definition) is 0. The van der Waals surface area contributed by atoms with Crippen LogP contribution in [0.5, 0.6) is 5.75 Å². The van der Waals surface area contributed by atoms with Crippen LogP contribution in [0.4, 0.5) is 4.39 Å². The fourth-order valence-electron chi connectivity index (χ4n) is 2.58. The molecule has 0 saturated heterocycles. The van der Waals surface area contributed by atoms with E-state index in [1.54, 1.807) is 0 Å². The highest BCUT2D eigenvalue weighted by atomic mass is 32.2. The highest BCUT2D eigenvalue weighted by molar-refractivity contribution is 7.83. The fraction of sp³-hybridized carbons (Fsp3) is 0.294. The third kappa shape index (κ3) is 3.54. The van der Waals surface area contributed by atoms with Gasteiger partial charge in [-0.25, -0.2) is 4.39 Å². The summed E-state index contributed by atoms with van der Waals surface area (Å²) < 4.78 is 36.7. The first kappa shape index (κ1) is 15.2. The van der Waals surface area contributed by atoms with E-state index in [1.807, 2.05) is 31.2 Å². The summed E-state index contributed by atoms with van der Waals surface area (Å²) in [4.78, 5) is 0. The molecule has 5 heteroatoms. The molecule has 0 saturated carbocycles. The minimum absolute atomic E-state index is 0.149. The summed E-state index contributed by atoms with van der Waals surface area (Å²) >= 11 is 0. The number of ether oxygens (including phenoxy) is 2. The van der Waals surface area contributed by atoms with Gasteiger partial charge in [0.25, 0.3) is 0 Å². The van der Waals surface area contributed by atoms with Crippen molar-refractivity contribution >= 4 is 10.8 Å². The van der Waals surface area contributed by atoms with E-state index in [4.69, 9.17) is 9.47 Å². The molecule has 3 nitrogen and oxygen atoms in total. The van der Waals surface area contributed by atoms with Crippen LogP contribution in [0.1, 0.15) is 22.3 Å². The van der Waals surface area contributed by atoms with Crippen molar-refractivity contribution in [2.24, 2.45) is 0 Å². The van der Waals surface area contributed by atoms with Gasteiger partial charge in [0.1, 0.15) is 11.6 Å². The van der Waals surface area contributed by atoms with Crippen LogP contribution >= 0.6 is 0 Å². The summed E-state index contributed by atoms with van der Waals surface area (Å²) in [5, 5.41) is 0. The Morgan fingerprint density at radius 3 is 2.91 bits per heavy atom. The van der Waals surface area contributed by atoms with Crippen molar-refractivity contribution in [2.45, 2.75) is 25.0 Å². The molecule has 0 spiro atoms. The molecule has 22 heavy (non-hydrogen) atoms. The summed E-state index contributed by atoms with van der Waals surface area (Å²) in [7, 11) is -1.12. The first-order valence-electron chi connectivity index (χ1n) is 7.04. The van der Waals surface area contributed by atoms with Crippen molar-refractivity contribution in [2.75, 3.05) is 6.79 Å². The Bertz CT molecular complexity index is 715. The molecule has 0 bridgehead atoms. The number of benzene rings is 2. The average Bonchev–Trinajstić information content (AvgIpc) is 2.47. The van der Waals surface area contributed by atoms with Crippen molar-refractivity contribution < 1.29 is 18.1 Å². The van der Waals surface area contributed by atoms with Gasteiger partial charge in [0.15, 0.2) is 6.79 Å². The van der Waals surface area contributed by atoms with Gasteiger partial charge in [0.2, 0.25) is 0 Å². The zero-order valence-electron chi connectivity index (χ0n) is 12.3. The lowest BCUT2D eigenvalue weighted by Gasteiger charge is -2.20. The maximum absolute atomic E-state index is 13.7. The van der Waals surface area contributed by atoms with Gasteiger partial charge in [0.05, 0.1) is 12.4 Å². The molecule has 1 heterocycles. The molecule has 2 aromatic carbocycles. The zero-order chi connectivity index (χ0) is 15.5. The maximum atomic E-state index is 13.7. The second-order valence-corrected chi connectivity index (χ2v) is 6.84. The van der Waals surface area contributed by atoms with Crippen LogP contribution < -0.4 is 4.74 Å². The average molecular weight is 320 g/mol. The van der Waals surface area contributed by atoms with Gasteiger partial charge < -0.3 is 9.47 Å². The maximum Gasteiger partial charge on any atom is 0.189 e. The largest absolute Gasteiger partial charge is 0.467 e. The second kappa shape index (κ2) is 6.58. The number of aryl methyl sites for hydroxylation is 1. The highest BCUT2D eigenvalue weighted by Crippen LogP contribution is 2.30. The van der Waals surface area contributed by atoms with Crippen LogP contribution in [-0.2, 0) is 33.6 Å². The molecule has 0 unspecified atom stereocenters. The van der Waals surface area contributed by atoms with Gasteiger partial charge in [-0.2, -0.15) is 0 Å². The quantitative estimate of drug-likeness (QED) is 0.865. The lowest BCUT2D eigenvalue weighted by Crippen LogP contribution is -2.14. The fourth-order valence-corrected chi connectivity index (χ4v) is 3.79.